The van der Waals surface area contributed by atoms with Crippen molar-refractivity contribution in [2.75, 3.05) is 0 Å². The lowest BCUT2D eigenvalue weighted by molar-refractivity contribution is 0.0949. The summed E-state index contributed by atoms with van der Waals surface area (Å²) in [5.41, 5.74) is 1.53. The van der Waals surface area contributed by atoms with Crippen molar-refractivity contribution in [3.8, 4) is 0 Å². The van der Waals surface area contributed by atoms with E-state index in [0.29, 0.717) is 16.8 Å². The Hall–Kier alpha value is -1.07. The highest BCUT2D eigenvalue weighted by Crippen LogP contribution is 2.17. The van der Waals surface area contributed by atoms with Crippen molar-refractivity contribution in [1.82, 2.24) is 5.32 Å². The lowest BCUT2D eigenvalue weighted by Crippen LogP contribution is -2.22. The fourth-order valence-corrected chi connectivity index (χ4v) is 2.25. The Balaban J connectivity index is 1.99. The van der Waals surface area contributed by atoms with Crippen LogP contribution in [0.4, 0.5) is 0 Å². The van der Waals surface area contributed by atoms with Crippen molar-refractivity contribution >= 4 is 37.8 Å². The first kappa shape index (κ1) is 12.4. The Morgan fingerprint density at radius 3 is 2.76 bits per heavy atom. The van der Waals surface area contributed by atoms with E-state index in [0.717, 1.165) is 10.0 Å². The topological polar surface area (TPSA) is 42.2 Å². The zero-order valence-corrected chi connectivity index (χ0v) is 11.9. The van der Waals surface area contributed by atoms with Crippen molar-refractivity contribution in [2.45, 2.75) is 6.54 Å². The Kier molecular flexibility index (Phi) is 4.02. The number of furan rings is 1. The smallest absolute Gasteiger partial charge is 0.256 e. The summed E-state index contributed by atoms with van der Waals surface area (Å²) in [5.74, 6) is -0.161. The van der Waals surface area contributed by atoms with Crippen LogP contribution in [0.15, 0.2) is 50.2 Å². The number of amides is 1. The molecular weight excluding hydrogens is 350 g/mol. The van der Waals surface area contributed by atoms with Crippen LogP contribution in [0.5, 0.6) is 0 Å². The van der Waals surface area contributed by atoms with E-state index in [1.54, 1.807) is 6.07 Å². The van der Waals surface area contributed by atoms with Gasteiger partial charge in [0, 0.05) is 11.0 Å². The van der Waals surface area contributed by atoms with E-state index in [4.69, 9.17) is 4.42 Å². The normalized spacial score (nSPS) is 10.2. The lowest BCUT2D eigenvalue weighted by Gasteiger charge is -2.04. The molecule has 0 unspecified atom stereocenters. The second-order valence-corrected chi connectivity index (χ2v) is 5.06. The van der Waals surface area contributed by atoms with E-state index in [1.165, 1.54) is 6.26 Å². The number of hydrogen-bond acceptors (Lipinski definition) is 2. The van der Waals surface area contributed by atoms with Gasteiger partial charge in [-0.05, 0) is 39.7 Å². The molecule has 0 atom stereocenters. The number of halogens is 2. The van der Waals surface area contributed by atoms with E-state index in [2.05, 4.69) is 37.2 Å². The predicted molar refractivity (Wildman–Crippen MR) is 71.7 cm³/mol. The van der Waals surface area contributed by atoms with Gasteiger partial charge in [0.2, 0.25) is 0 Å². The molecule has 0 aliphatic carbocycles. The summed E-state index contributed by atoms with van der Waals surface area (Å²) >= 11 is 6.55. The van der Waals surface area contributed by atoms with Crippen molar-refractivity contribution in [1.29, 1.82) is 0 Å². The summed E-state index contributed by atoms with van der Waals surface area (Å²) in [6.45, 7) is 0.482. The Labute approximate surface area is 115 Å². The minimum absolute atomic E-state index is 0.161. The average Bonchev–Trinajstić information content (AvgIpc) is 2.72. The fraction of sp³-hybridized carbons (Fsp3) is 0.0833. The third-order valence-corrected chi connectivity index (χ3v) is 3.31. The Morgan fingerprint density at radius 2 is 2.12 bits per heavy atom. The minimum atomic E-state index is -0.161. The molecule has 0 saturated carbocycles. The number of nitrogens with one attached hydrogen (secondary N) is 1. The maximum atomic E-state index is 11.8. The molecule has 2 rings (SSSR count). The summed E-state index contributed by atoms with van der Waals surface area (Å²) in [6, 6.07) is 9.41. The number of carbonyl (C=O) groups excluding carboxylic acids is 1. The van der Waals surface area contributed by atoms with Gasteiger partial charge in [0.1, 0.15) is 0 Å². The molecule has 0 aliphatic heterocycles. The van der Waals surface area contributed by atoms with Gasteiger partial charge in [-0.2, -0.15) is 0 Å². The summed E-state index contributed by atoms with van der Waals surface area (Å²) in [5, 5.41) is 2.82. The zero-order valence-electron chi connectivity index (χ0n) is 8.74. The van der Waals surface area contributed by atoms with Crippen molar-refractivity contribution < 1.29 is 9.21 Å². The highest BCUT2D eigenvalue weighted by molar-refractivity contribution is 9.10. The molecule has 1 heterocycles. The van der Waals surface area contributed by atoms with E-state index in [1.807, 2.05) is 24.3 Å². The lowest BCUT2D eigenvalue weighted by atomic mass is 10.2. The quantitative estimate of drug-likeness (QED) is 0.908. The first-order valence-corrected chi connectivity index (χ1v) is 6.51. The molecule has 2 aromatic rings. The molecule has 1 aromatic heterocycles. The van der Waals surface area contributed by atoms with Gasteiger partial charge >= 0.3 is 0 Å². The number of carbonyl (C=O) groups is 1. The standard InChI is InChI=1S/C12H9Br2NO2/c13-9-3-1-2-8(6-9)7-15-12(16)10-4-5-17-11(10)14/h1-6H,7H2,(H,15,16). The van der Waals surface area contributed by atoms with Gasteiger partial charge in [-0.25, -0.2) is 0 Å². The van der Waals surface area contributed by atoms with Crippen molar-refractivity contribution in [3.63, 3.8) is 0 Å². The molecular formula is C12H9Br2NO2. The first-order chi connectivity index (χ1) is 8.16. The molecule has 5 heteroatoms. The van der Waals surface area contributed by atoms with Crippen LogP contribution in [0.1, 0.15) is 15.9 Å². The summed E-state index contributed by atoms with van der Waals surface area (Å²) in [4.78, 5) is 11.8. The maximum Gasteiger partial charge on any atom is 0.256 e. The SMILES string of the molecule is O=C(NCc1cccc(Br)c1)c1ccoc1Br. The zero-order chi connectivity index (χ0) is 12.3. The average molecular weight is 359 g/mol. The monoisotopic (exact) mass is 357 g/mol. The number of benzene rings is 1. The molecule has 1 aromatic carbocycles. The van der Waals surface area contributed by atoms with Crippen LogP contribution in [-0.4, -0.2) is 5.91 Å². The second-order valence-electron chi connectivity index (χ2n) is 3.42. The first-order valence-electron chi connectivity index (χ1n) is 4.92. The summed E-state index contributed by atoms with van der Waals surface area (Å²) in [7, 11) is 0. The molecule has 17 heavy (non-hydrogen) atoms. The molecule has 0 bridgehead atoms. The van der Waals surface area contributed by atoms with Crippen LogP contribution in [0.2, 0.25) is 0 Å². The summed E-state index contributed by atoms with van der Waals surface area (Å²) in [6.07, 6.45) is 1.47. The van der Waals surface area contributed by atoms with Crippen LogP contribution >= 0.6 is 31.9 Å². The van der Waals surface area contributed by atoms with Gasteiger partial charge in [-0.1, -0.05) is 28.1 Å². The van der Waals surface area contributed by atoms with E-state index >= 15 is 0 Å². The Bertz CT molecular complexity index is 537. The highest BCUT2D eigenvalue weighted by atomic mass is 79.9. The molecule has 1 N–H and O–H groups in total. The van der Waals surface area contributed by atoms with E-state index in [-0.39, 0.29) is 5.91 Å². The van der Waals surface area contributed by atoms with Crippen LogP contribution in [-0.2, 0) is 6.54 Å². The predicted octanol–water partition coefficient (Wildman–Crippen LogP) is 3.73. The maximum absolute atomic E-state index is 11.8. The van der Waals surface area contributed by atoms with E-state index < -0.39 is 0 Å². The molecule has 0 saturated heterocycles. The third-order valence-electron chi connectivity index (χ3n) is 2.20. The molecule has 0 aliphatic rings. The van der Waals surface area contributed by atoms with Gasteiger partial charge < -0.3 is 9.73 Å². The van der Waals surface area contributed by atoms with Gasteiger partial charge in [-0.3, -0.25) is 4.79 Å². The molecule has 88 valence electrons. The Morgan fingerprint density at radius 1 is 1.29 bits per heavy atom. The van der Waals surface area contributed by atoms with Crippen LogP contribution in [0, 0.1) is 0 Å². The van der Waals surface area contributed by atoms with Crippen LogP contribution in [0.3, 0.4) is 0 Å². The number of hydrogen-bond donors (Lipinski definition) is 1. The van der Waals surface area contributed by atoms with Crippen molar-refractivity contribution in [3.05, 3.63) is 56.9 Å². The van der Waals surface area contributed by atoms with E-state index in [9.17, 15) is 4.79 Å². The van der Waals surface area contributed by atoms with Gasteiger partial charge in [0.25, 0.3) is 5.91 Å². The largest absolute Gasteiger partial charge is 0.457 e. The molecule has 3 nitrogen and oxygen atoms in total. The molecule has 0 radical (unpaired) electrons. The third kappa shape index (κ3) is 3.20. The van der Waals surface area contributed by atoms with Gasteiger partial charge in [-0.15, -0.1) is 0 Å². The van der Waals surface area contributed by atoms with Crippen LogP contribution in [0.25, 0.3) is 0 Å². The van der Waals surface area contributed by atoms with Crippen LogP contribution < -0.4 is 5.32 Å². The summed E-state index contributed by atoms with van der Waals surface area (Å²) < 4.78 is 6.45. The van der Waals surface area contributed by atoms with Crippen molar-refractivity contribution in [2.24, 2.45) is 0 Å². The fourth-order valence-electron chi connectivity index (χ4n) is 1.38. The molecule has 0 spiro atoms. The van der Waals surface area contributed by atoms with Gasteiger partial charge in [0.15, 0.2) is 4.67 Å². The second kappa shape index (κ2) is 5.51. The van der Waals surface area contributed by atoms with Gasteiger partial charge in [0.05, 0.1) is 11.8 Å². The highest BCUT2D eigenvalue weighted by Gasteiger charge is 2.11. The molecule has 1 amide bonds. The number of rotatable bonds is 3. The molecule has 0 fully saturated rings. The minimum Gasteiger partial charge on any atom is -0.457 e.